The van der Waals surface area contributed by atoms with Gasteiger partial charge in [-0.25, -0.2) is 0 Å². The second kappa shape index (κ2) is 7.93. The molecule has 2 aromatic rings. The van der Waals surface area contributed by atoms with Crippen LogP contribution in [0.3, 0.4) is 0 Å². The Balaban J connectivity index is 1.94. The van der Waals surface area contributed by atoms with Crippen LogP contribution in [0.4, 0.5) is 8.78 Å². The molecule has 0 spiro atoms. The van der Waals surface area contributed by atoms with Crippen LogP contribution in [0.5, 0.6) is 11.5 Å². The van der Waals surface area contributed by atoms with E-state index in [1.54, 1.807) is 30.3 Å². The fraction of sp³-hybridized carbons (Fsp3) is 0.118. The zero-order valence-electron chi connectivity index (χ0n) is 12.1. The summed E-state index contributed by atoms with van der Waals surface area (Å²) in [4.78, 5) is 11.8. The highest BCUT2D eigenvalue weighted by molar-refractivity contribution is 5.91. The maximum Gasteiger partial charge on any atom is 0.387 e. The summed E-state index contributed by atoms with van der Waals surface area (Å²) in [5, 5.41) is 11.9. The van der Waals surface area contributed by atoms with Gasteiger partial charge in [-0.2, -0.15) is 8.78 Å². The molecule has 1 amide bonds. The molecule has 0 saturated carbocycles. The lowest BCUT2D eigenvalue weighted by Gasteiger charge is -2.10. The van der Waals surface area contributed by atoms with Gasteiger partial charge in [0.15, 0.2) is 0 Å². The Kier molecular flexibility index (Phi) is 5.68. The van der Waals surface area contributed by atoms with Gasteiger partial charge >= 0.3 is 6.61 Å². The number of carbonyl (C=O) groups excluding carboxylic acids is 1. The standard InChI is InChI=1S/C17H15F2NO3/c18-17(19)23-15-7-2-1-5-13(15)11-20-16(22)9-8-12-4-3-6-14(21)10-12/h1-10,17,21H,11H2,(H,20,22). The van der Waals surface area contributed by atoms with Gasteiger partial charge in [0.05, 0.1) is 0 Å². The van der Waals surface area contributed by atoms with Gasteiger partial charge in [-0.05, 0) is 29.8 Å². The lowest BCUT2D eigenvalue weighted by atomic mass is 10.2. The summed E-state index contributed by atoms with van der Waals surface area (Å²) >= 11 is 0. The third-order valence-corrected chi connectivity index (χ3v) is 2.94. The average Bonchev–Trinajstić information content (AvgIpc) is 2.51. The van der Waals surface area contributed by atoms with E-state index < -0.39 is 6.61 Å². The fourth-order valence-electron chi connectivity index (χ4n) is 1.90. The fourth-order valence-corrected chi connectivity index (χ4v) is 1.90. The molecule has 2 aromatic carbocycles. The molecule has 120 valence electrons. The van der Waals surface area contributed by atoms with E-state index in [1.165, 1.54) is 30.4 Å². The number of carbonyl (C=O) groups is 1. The number of phenols is 1. The van der Waals surface area contributed by atoms with Crippen molar-refractivity contribution >= 4 is 12.0 Å². The minimum absolute atomic E-state index is 0.0276. The number of alkyl halides is 2. The largest absolute Gasteiger partial charge is 0.508 e. The Bertz CT molecular complexity index is 702. The van der Waals surface area contributed by atoms with Crippen LogP contribution in [0.1, 0.15) is 11.1 Å². The van der Waals surface area contributed by atoms with Crippen LogP contribution >= 0.6 is 0 Å². The summed E-state index contributed by atoms with van der Waals surface area (Å²) in [5.74, 6) is -0.259. The van der Waals surface area contributed by atoms with E-state index in [4.69, 9.17) is 0 Å². The smallest absolute Gasteiger partial charge is 0.387 e. The van der Waals surface area contributed by atoms with Crippen molar-refractivity contribution in [1.29, 1.82) is 0 Å². The van der Waals surface area contributed by atoms with E-state index in [1.807, 2.05) is 0 Å². The molecule has 4 nitrogen and oxygen atoms in total. The number of benzene rings is 2. The Morgan fingerprint density at radius 1 is 1.22 bits per heavy atom. The molecule has 2 rings (SSSR count). The van der Waals surface area contributed by atoms with E-state index in [9.17, 15) is 18.7 Å². The van der Waals surface area contributed by atoms with Crippen LogP contribution in [0.25, 0.3) is 6.08 Å². The Labute approximate surface area is 132 Å². The van der Waals surface area contributed by atoms with Crippen molar-refractivity contribution in [3.8, 4) is 11.5 Å². The zero-order chi connectivity index (χ0) is 16.7. The van der Waals surface area contributed by atoms with Gasteiger partial charge < -0.3 is 15.2 Å². The normalized spacial score (nSPS) is 10.9. The molecule has 0 saturated heterocycles. The molecule has 0 radical (unpaired) electrons. The second-order valence-electron chi connectivity index (χ2n) is 4.63. The molecular weight excluding hydrogens is 304 g/mol. The number of ether oxygens (including phenoxy) is 1. The van der Waals surface area contributed by atoms with E-state index in [0.29, 0.717) is 11.1 Å². The maximum absolute atomic E-state index is 12.3. The summed E-state index contributed by atoms with van der Waals surface area (Å²) in [6.07, 6.45) is 2.84. The first-order valence-electron chi connectivity index (χ1n) is 6.82. The van der Waals surface area contributed by atoms with Crippen LogP contribution in [0.15, 0.2) is 54.6 Å². The van der Waals surface area contributed by atoms with Gasteiger partial charge in [-0.15, -0.1) is 0 Å². The molecule has 6 heteroatoms. The van der Waals surface area contributed by atoms with Crippen LogP contribution in [0, 0.1) is 0 Å². The number of hydrogen-bond acceptors (Lipinski definition) is 3. The van der Waals surface area contributed by atoms with Gasteiger partial charge in [0.2, 0.25) is 5.91 Å². The lowest BCUT2D eigenvalue weighted by Crippen LogP contribution is -2.21. The summed E-state index contributed by atoms with van der Waals surface area (Å²) < 4.78 is 29.0. The summed E-state index contributed by atoms with van der Waals surface area (Å²) in [5.41, 5.74) is 1.12. The van der Waals surface area contributed by atoms with Gasteiger partial charge in [-0.3, -0.25) is 4.79 Å². The monoisotopic (exact) mass is 319 g/mol. The SMILES string of the molecule is O=C(C=Cc1cccc(O)c1)NCc1ccccc1OC(F)F. The van der Waals surface area contributed by atoms with Crippen molar-refractivity contribution in [3.63, 3.8) is 0 Å². The highest BCUT2D eigenvalue weighted by atomic mass is 19.3. The number of hydrogen-bond donors (Lipinski definition) is 2. The number of amides is 1. The predicted molar refractivity (Wildman–Crippen MR) is 82.1 cm³/mol. The van der Waals surface area contributed by atoms with Crippen molar-refractivity contribution in [1.82, 2.24) is 5.32 Å². The van der Waals surface area contributed by atoms with Crippen LogP contribution < -0.4 is 10.1 Å². The molecule has 0 fully saturated rings. The molecular formula is C17H15F2NO3. The molecule has 0 bridgehead atoms. The van der Waals surface area contributed by atoms with E-state index in [-0.39, 0.29) is 24.0 Å². The minimum Gasteiger partial charge on any atom is -0.508 e. The number of rotatable bonds is 6. The molecule has 0 aliphatic carbocycles. The first-order chi connectivity index (χ1) is 11.0. The zero-order valence-corrected chi connectivity index (χ0v) is 12.1. The Morgan fingerprint density at radius 2 is 2.00 bits per heavy atom. The van der Waals surface area contributed by atoms with E-state index in [0.717, 1.165) is 0 Å². The molecule has 0 atom stereocenters. The van der Waals surface area contributed by atoms with Crippen LogP contribution in [0.2, 0.25) is 0 Å². The van der Waals surface area contributed by atoms with Crippen LogP contribution in [-0.2, 0) is 11.3 Å². The molecule has 2 N–H and O–H groups in total. The number of aromatic hydroxyl groups is 1. The van der Waals surface area contributed by atoms with Gasteiger partial charge in [-0.1, -0.05) is 30.3 Å². The third-order valence-electron chi connectivity index (χ3n) is 2.94. The van der Waals surface area contributed by atoms with E-state index in [2.05, 4.69) is 10.1 Å². The van der Waals surface area contributed by atoms with Crippen molar-refractivity contribution in [3.05, 3.63) is 65.7 Å². The maximum atomic E-state index is 12.3. The predicted octanol–water partition coefficient (Wildman–Crippen LogP) is 3.32. The number of para-hydroxylation sites is 1. The second-order valence-corrected chi connectivity index (χ2v) is 4.63. The van der Waals surface area contributed by atoms with Crippen LogP contribution in [-0.4, -0.2) is 17.6 Å². The first-order valence-corrected chi connectivity index (χ1v) is 6.82. The molecule has 0 aliphatic rings. The average molecular weight is 319 g/mol. The van der Waals surface area contributed by atoms with Gasteiger partial charge in [0.25, 0.3) is 0 Å². The first kappa shape index (κ1) is 16.5. The summed E-state index contributed by atoms with van der Waals surface area (Å²) in [7, 11) is 0. The Hall–Kier alpha value is -2.89. The van der Waals surface area contributed by atoms with Crippen molar-refractivity contribution in [2.24, 2.45) is 0 Å². The minimum atomic E-state index is -2.92. The molecule has 0 aliphatic heterocycles. The van der Waals surface area contributed by atoms with Crippen molar-refractivity contribution in [2.75, 3.05) is 0 Å². The van der Waals surface area contributed by atoms with Crippen molar-refractivity contribution in [2.45, 2.75) is 13.2 Å². The lowest BCUT2D eigenvalue weighted by molar-refractivity contribution is -0.116. The number of phenolic OH excluding ortho intramolecular Hbond substituents is 1. The molecule has 23 heavy (non-hydrogen) atoms. The quantitative estimate of drug-likeness (QED) is 0.803. The van der Waals surface area contributed by atoms with Crippen molar-refractivity contribution < 1.29 is 23.4 Å². The molecule has 0 aromatic heterocycles. The van der Waals surface area contributed by atoms with Gasteiger partial charge in [0, 0.05) is 18.2 Å². The number of halogens is 2. The third kappa shape index (κ3) is 5.43. The highest BCUT2D eigenvalue weighted by Gasteiger charge is 2.09. The number of nitrogens with one attached hydrogen (secondary N) is 1. The molecule has 0 heterocycles. The summed E-state index contributed by atoms with van der Waals surface area (Å²) in [6.45, 7) is -2.86. The van der Waals surface area contributed by atoms with Gasteiger partial charge in [0.1, 0.15) is 11.5 Å². The Morgan fingerprint density at radius 3 is 2.74 bits per heavy atom. The van der Waals surface area contributed by atoms with E-state index >= 15 is 0 Å². The highest BCUT2D eigenvalue weighted by Crippen LogP contribution is 2.20. The topological polar surface area (TPSA) is 58.6 Å². The summed E-state index contributed by atoms with van der Waals surface area (Å²) in [6, 6.07) is 12.7. The molecule has 0 unspecified atom stereocenters.